The van der Waals surface area contributed by atoms with E-state index in [-0.39, 0.29) is 0 Å². The second-order valence-corrected chi connectivity index (χ2v) is 2.43. The van der Waals surface area contributed by atoms with E-state index in [1.54, 1.807) is 0 Å². The van der Waals surface area contributed by atoms with E-state index in [1.165, 1.54) is 5.57 Å². The average Bonchev–Trinajstić information content (AvgIpc) is 2.05. The summed E-state index contributed by atoms with van der Waals surface area (Å²) < 4.78 is 0. The smallest absolute Gasteiger partial charge is 0.0308 e. The Morgan fingerprint density at radius 1 is 1.27 bits per heavy atom. The Kier molecular flexibility index (Phi) is 6.81. The Morgan fingerprint density at radius 3 is 2.45 bits per heavy atom. The SMILES string of the molecule is C/C=C/C=C(/C=C/CC)CC. The van der Waals surface area contributed by atoms with Gasteiger partial charge in [0.2, 0.25) is 0 Å². The lowest BCUT2D eigenvalue weighted by molar-refractivity contribution is 1.13. The molecule has 0 aliphatic heterocycles. The van der Waals surface area contributed by atoms with Gasteiger partial charge in [-0.15, -0.1) is 0 Å². The van der Waals surface area contributed by atoms with Crippen LogP contribution in [0.25, 0.3) is 0 Å². The van der Waals surface area contributed by atoms with Crippen molar-refractivity contribution >= 4 is 0 Å². The summed E-state index contributed by atoms with van der Waals surface area (Å²) >= 11 is 0. The van der Waals surface area contributed by atoms with Gasteiger partial charge in [-0.05, 0) is 25.3 Å². The minimum Gasteiger partial charge on any atom is -0.0877 e. The molecule has 62 valence electrons. The summed E-state index contributed by atoms with van der Waals surface area (Å²) in [6.07, 6.45) is 12.9. The maximum absolute atomic E-state index is 2.19. The molecule has 0 fully saturated rings. The van der Waals surface area contributed by atoms with E-state index >= 15 is 0 Å². The quantitative estimate of drug-likeness (QED) is 0.534. The highest BCUT2D eigenvalue weighted by Crippen LogP contribution is 2.03. The van der Waals surface area contributed by atoms with Crippen molar-refractivity contribution in [1.29, 1.82) is 0 Å². The molecule has 0 heterocycles. The monoisotopic (exact) mass is 150 g/mol. The van der Waals surface area contributed by atoms with Crippen LogP contribution in [0.3, 0.4) is 0 Å². The van der Waals surface area contributed by atoms with Gasteiger partial charge in [-0.1, -0.05) is 44.2 Å². The van der Waals surface area contributed by atoms with Crippen LogP contribution in [0.4, 0.5) is 0 Å². The van der Waals surface area contributed by atoms with E-state index in [1.807, 2.05) is 6.92 Å². The van der Waals surface area contributed by atoms with Crippen LogP contribution in [0.1, 0.15) is 33.6 Å². The van der Waals surface area contributed by atoms with Crippen LogP contribution in [0.15, 0.2) is 36.0 Å². The summed E-state index contributed by atoms with van der Waals surface area (Å²) in [7, 11) is 0. The summed E-state index contributed by atoms with van der Waals surface area (Å²) in [5.41, 5.74) is 1.39. The molecule has 0 saturated carbocycles. The van der Waals surface area contributed by atoms with E-state index in [4.69, 9.17) is 0 Å². The standard InChI is InChI=1S/C11H18/c1-4-7-9-11(6-3)10-8-5-2/h4,7-10H,5-6H2,1-3H3/b7-4+,10-8+,11-9+. The third-order valence-corrected chi connectivity index (χ3v) is 1.48. The van der Waals surface area contributed by atoms with Gasteiger partial charge in [0.1, 0.15) is 0 Å². The van der Waals surface area contributed by atoms with Crippen molar-refractivity contribution in [3.63, 3.8) is 0 Å². The topological polar surface area (TPSA) is 0 Å². The molecule has 11 heavy (non-hydrogen) atoms. The first-order valence-corrected chi connectivity index (χ1v) is 4.33. The van der Waals surface area contributed by atoms with Gasteiger partial charge in [-0.2, -0.15) is 0 Å². The average molecular weight is 150 g/mol. The predicted octanol–water partition coefficient (Wildman–Crippen LogP) is 3.87. The molecule has 0 aliphatic carbocycles. The number of rotatable bonds is 4. The molecule has 0 unspecified atom stereocenters. The Bertz CT molecular complexity index is 159. The van der Waals surface area contributed by atoms with Crippen LogP contribution >= 0.6 is 0 Å². The van der Waals surface area contributed by atoms with Gasteiger partial charge in [-0.25, -0.2) is 0 Å². The summed E-state index contributed by atoms with van der Waals surface area (Å²) in [5, 5.41) is 0. The highest BCUT2D eigenvalue weighted by Gasteiger charge is 1.82. The van der Waals surface area contributed by atoms with Crippen molar-refractivity contribution in [2.24, 2.45) is 0 Å². The molecule has 0 nitrogen and oxygen atoms in total. The van der Waals surface area contributed by atoms with E-state index in [0.717, 1.165) is 12.8 Å². The van der Waals surface area contributed by atoms with Gasteiger partial charge in [-0.3, -0.25) is 0 Å². The summed E-state index contributed by atoms with van der Waals surface area (Å²) in [6.45, 7) is 6.36. The van der Waals surface area contributed by atoms with Crippen molar-refractivity contribution in [2.45, 2.75) is 33.6 Å². The molecule has 0 aromatic heterocycles. The fraction of sp³-hybridized carbons (Fsp3) is 0.455. The first-order chi connectivity index (χ1) is 5.35. The minimum absolute atomic E-state index is 1.11. The molecule has 0 bridgehead atoms. The highest BCUT2D eigenvalue weighted by atomic mass is 13.9. The molecule has 0 radical (unpaired) electrons. The third-order valence-electron chi connectivity index (χ3n) is 1.48. The zero-order chi connectivity index (χ0) is 8.53. The van der Waals surface area contributed by atoms with Crippen LogP contribution in [0.5, 0.6) is 0 Å². The first-order valence-electron chi connectivity index (χ1n) is 4.33. The normalized spacial score (nSPS) is 13.5. The lowest BCUT2D eigenvalue weighted by Gasteiger charge is -1.92. The van der Waals surface area contributed by atoms with Crippen LogP contribution in [0.2, 0.25) is 0 Å². The van der Waals surface area contributed by atoms with Crippen LogP contribution in [-0.4, -0.2) is 0 Å². The first kappa shape index (κ1) is 10.2. The molecular weight excluding hydrogens is 132 g/mol. The molecule has 0 rings (SSSR count). The molecule has 0 aromatic carbocycles. The Balaban J connectivity index is 4.04. The maximum atomic E-state index is 2.19. The third kappa shape index (κ3) is 5.65. The molecule has 0 aliphatic rings. The van der Waals surface area contributed by atoms with E-state index in [0.29, 0.717) is 0 Å². The van der Waals surface area contributed by atoms with Crippen molar-refractivity contribution in [2.75, 3.05) is 0 Å². The summed E-state index contributed by atoms with van der Waals surface area (Å²) in [4.78, 5) is 0. The lowest BCUT2D eigenvalue weighted by Crippen LogP contribution is -1.72. The van der Waals surface area contributed by atoms with Gasteiger partial charge in [0.15, 0.2) is 0 Å². The molecule has 0 spiro atoms. The lowest BCUT2D eigenvalue weighted by atomic mass is 10.1. The highest BCUT2D eigenvalue weighted by molar-refractivity contribution is 5.22. The van der Waals surface area contributed by atoms with Gasteiger partial charge < -0.3 is 0 Å². The molecule has 0 saturated heterocycles. The molecule has 0 heteroatoms. The second kappa shape index (κ2) is 7.33. The zero-order valence-electron chi connectivity index (χ0n) is 7.80. The molecule has 0 aromatic rings. The van der Waals surface area contributed by atoms with Crippen molar-refractivity contribution < 1.29 is 0 Å². The van der Waals surface area contributed by atoms with E-state index < -0.39 is 0 Å². The fourth-order valence-corrected chi connectivity index (χ4v) is 0.780. The van der Waals surface area contributed by atoms with Gasteiger partial charge in [0, 0.05) is 0 Å². The van der Waals surface area contributed by atoms with Gasteiger partial charge in [0.25, 0.3) is 0 Å². The van der Waals surface area contributed by atoms with Gasteiger partial charge in [0.05, 0.1) is 0 Å². The maximum Gasteiger partial charge on any atom is -0.0308 e. The van der Waals surface area contributed by atoms with Gasteiger partial charge >= 0.3 is 0 Å². The molecule has 0 N–H and O–H groups in total. The van der Waals surface area contributed by atoms with Crippen LogP contribution < -0.4 is 0 Å². The van der Waals surface area contributed by atoms with Crippen LogP contribution in [0, 0.1) is 0 Å². The summed E-state index contributed by atoms with van der Waals surface area (Å²) in [5.74, 6) is 0. The van der Waals surface area contributed by atoms with Crippen molar-refractivity contribution in [3.8, 4) is 0 Å². The van der Waals surface area contributed by atoms with E-state index in [2.05, 4.69) is 44.2 Å². The zero-order valence-corrected chi connectivity index (χ0v) is 7.80. The largest absolute Gasteiger partial charge is 0.0877 e. The predicted molar refractivity (Wildman–Crippen MR) is 52.6 cm³/mol. The fourth-order valence-electron chi connectivity index (χ4n) is 0.780. The summed E-state index contributed by atoms with van der Waals surface area (Å²) in [6, 6.07) is 0. The Hall–Kier alpha value is -0.780. The van der Waals surface area contributed by atoms with E-state index in [9.17, 15) is 0 Å². The van der Waals surface area contributed by atoms with Crippen LogP contribution in [-0.2, 0) is 0 Å². The molecule has 0 amide bonds. The van der Waals surface area contributed by atoms with Crippen molar-refractivity contribution in [3.05, 3.63) is 36.0 Å². The Morgan fingerprint density at radius 2 is 2.00 bits per heavy atom. The van der Waals surface area contributed by atoms with Crippen molar-refractivity contribution in [1.82, 2.24) is 0 Å². The molecule has 0 atom stereocenters. The minimum atomic E-state index is 1.11. The molecular formula is C11H18. The number of hydrogen-bond acceptors (Lipinski definition) is 0. The number of allylic oxidation sites excluding steroid dienone is 6. The second-order valence-electron chi connectivity index (χ2n) is 2.43. The Labute approximate surface area is 70.3 Å². The number of hydrogen-bond donors (Lipinski definition) is 0.